The average Bonchev–Trinajstić information content (AvgIpc) is 2.65. The lowest BCUT2D eigenvalue weighted by Crippen LogP contribution is -1.93. The molecule has 4 heteroatoms. The summed E-state index contributed by atoms with van der Waals surface area (Å²) < 4.78 is 16.8. The monoisotopic (exact) mass is 316 g/mol. The van der Waals surface area contributed by atoms with E-state index >= 15 is 0 Å². The minimum absolute atomic E-state index is 0.294. The summed E-state index contributed by atoms with van der Waals surface area (Å²) in [5.74, 6) is 1.57. The lowest BCUT2D eigenvalue weighted by Gasteiger charge is -2.05. The first-order valence-electron chi connectivity index (χ1n) is 4.35. The first-order chi connectivity index (χ1) is 7.31. The third-order valence-electron chi connectivity index (χ3n) is 1.95. The highest BCUT2D eigenvalue weighted by molar-refractivity contribution is 14.1. The number of hydrogen-bond acceptors (Lipinski definition) is 3. The van der Waals surface area contributed by atoms with Crippen LogP contribution in [-0.2, 0) is 11.3 Å². The highest BCUT2D eigenvalue weighted by atomic mass is 127. The van der Waals surface area contributed by atoms with Crippen molar-refractivity contribution < 1.29 is 14.2 Å². The fourth-order valence-electron chi connectivity index (χ4n) is 1.26. The van der Waals surface area contributed by atoms with Gasteiger partial charge in [0.1, 0.15) is 12.9 Å². The molecule has 0 N–H and O–H groups in total. The van der Waals surface area contributed by atoms with E-state index in [0.717, 1.165) is 20.6 Å². The molecule has 3 nitrogen and oxygen atoms in total. The van der Waals surface area contributed by atoms with Gasteiger partial charge in [0.15, 0.2) is 11.5 Å². The molecule has 0 amide bonds. The molecule has 1 aromatic rings. The Morgan fingerprint density at radius 2 is 2.20 bits per heavy atom. The Balaban J connectivity index is 2.20. The molecule has 0 saturated carbocycles. The van der Waals surface area contributed by atoms with Crippen molar-refractivity contribution in [2.24, 2.45) is 0 Å². The van der Waals surface area contributed by atoms with Gasteiger partial charge in [0.2, 0.25) is 6.79 Å². The summed E-state index contributed by atoms with van der Waals surface area (Å²) in [6.07, 6.45) is 1.45. The van der Waals surface area contributed by atoms with Crippen LogP contribution in [0, 0.1) is 3.57 Å². The van der Waals surface area contributed by atoms with E-state index in [0.29, 0.717) is 13.4 Å². The molecule has 1 heterocycles. The molecule has 78 valence electrons. The molecule has 2 rings (SSSR count). The Labute approximate surface area is 101 Å². The minimum atomic E-state index is 0.294. The fourth-order valence-corrected chi connectivity index (χ4v) is 1.85. The summed E-state index contributed by atoms with van der Waals surface area (Å²) >= 11 is 2.24. The van der Waals surface area contributed by atoms with Crippen molar-refractivity contribution in [2.45, 2.75) is 6.61 Å². The normalized spacial score (nSPS) is 12.1. The van der Waals surface area contributed by atoms with Gasteiger partial charge in [-0.2, -0.15) is 0 Å². The van der Waals surface area contributed by atoms with Gasteiger partial charge in [0.05, 0.1) is 0 Å². The SMILES string of the molecule is C=C=COCc1cc2c(cc1I)OCO2. The van der Waals surface area contributed by atoms with Crippen LogP contribution in [0.4, 0.5) is 0 Å². The minimum Gasteiger partial charge on any atom is -0.488 e. The van der Waals surface area contributed by atoms with Crippen LogP contribution in [-0.4, -0.2) is 6.79 Å². The van der Waals surface area contributed by atoms with Gasteiger partial charge in [-0.25, -0.2) is 0 Å². The summed E-state index contributed by atoms with van der Waals surface area (Å²) in [6, 6.07) is 3.88. The maximum atomic E-state index is 5.28. The lowest BCUT2D eigenvalue weighted by atomic mass is 10.2. The van der Waals surface area contributed by atoms with E-state index in [-0.39, 0.29) is 0 Å². The van der Waals surface area contributed by atoms with Gasteiger partial charge < -0.3 is 14.2 Å². The molecule has 0 atom stereocenters. The Morgan fingerprint density at radius 3 is 2.93 bits per heavy atom. The molecular formula is C11H9IO3. The average molecular weight is 316 g/mol. The van der Waals surface area contributed by atoms with Crippen molar-refractivity contribution in [1.29, 1.82) is 0 Å². The predicted octanol–water partition coefficient (Wildman–Crippen LogP) is 2.84. The smallest absolute Gasteiger partial charge is 0.231 e. The molecule has 0 spiro atoms. The van der Waals surface area contributed by atoms with Gasteiger partial charge in [-0.05, 0) is 34.7 Å². The molecule has 0 unspecified atom stereocenters. The van der Waals surface area contributed by atoms with Crippen molar-refractivity contribution in [2.75, 3.05) is 6.79 Å². The zero-order valence-electron chi connectivity index (χ0n) is 7.96. The Kier molecular flexibility index (Phi) is 3.18. The van der Waals surface area contributed by atoms with Crippen LogP contribution in [0.1, 0.15) is 5.56 Å². The van der Waals surface area contributed by atoms with Gasteiger partial charge in [-0.15, -0.1) is 0 Å². The molecule has 0 bridgehead atoms. The summed E-state index contributed by atoms with van der Waals surface area (Å²) in [5, 5.41) is 0. The Bertz CT molecular complexity index is 422. The maximum absolute atomic E-state index is 5.28. The van der Waals surface area contributed by atoms with E-state index in [9.17, 15) is 0 Å². The molecule has 15 heavy (non-hydrogen) atoms. The Morgan fingerprint density at radius 1 is 1.47 bits per heavy atom. The van der Waals surface area contributed by atoms with Crippen molar-refractivity contribution >= 4 is 22.6 Å². The van der Waals surface area contributed by atoms with E-state index in [4.69, 9.17) is 14.2 Å². The highest BCUT2D eigenvalue weighted by Crippen LogP contribution is 2.35. The number of benzene rings is 1. The largest absolute Gasteiger partial charge is 0.488 e. The van der Waals surface area contributed by atoms with Crippen molar-refractivity contribution in [3.63, 3.8) is 0 Å². The molecule has 1 aliphatic heterocycles. The molecule has 0 aromatic heterocycles. The molecule has 0 saturated heterocycles. The van der Waals surface area contributed by atoms with Gasteiger partial charge in [0.25, 0.3) is 0 Å². The van der Waals surface area contributed by atoms with E-state index in [1.807, 2.05) is 12.1 Å². The summed E-state index contributed by atoms with van der Waals surface area (Å²) in [6.45, 7) is 4.20. The first kappa shape index (κ1) is 10.4. The van der Waals surface area contributed by atoms with Crippen molar-refractivity contribution in [3.8, 4) is 11.5 Å². The molecule has 0 fully saturated rings. The summed E-state index contributed by atoms with van der Waals surface area (Å²) in [5.41, 5.74) is 3.62. The third-order valence-corrected chi connectivity index (χ3v) is 2.95. The second kappa shape index (κ2) is 4.59. The maximum Gasteiger partial charge on any atom is 0.231 e. The summed E-state index contributed by atoms with van der Waals surface area (Å²) in [7, 11) is 0. The summed E-state index contributed by atoms with van der Waals surface area (Å²) in [4.78, 5) is 0. The van der Waals surface area contributed by atoms with E-state index < -0.39 is 0 Å². The predicted molar refractivity (Wildman–Crippen MR) is 63.8 cm³/mol. The standard InChI is InChI=1S/C11H9IO3/c1-2-3-13-6-8-4-10-11(5-9(8)12)15-7-14-10/h3-5H,1,6-7H2. The van der Waals surface area contributed by atoms with Gasteiger partial charge in [0, 0.05) is 9.13 Å². The second-order valence-corrected chi connectivity index (χ2v) is 4.09. The zero-order chi connectivity index (χ0) is 10.7. The van der Waals surface area contributed by atoms with Crippen LogP contribution >= 0.6 is 22.6 Å². The van der Waals surface area contributed by atoms with Crippen LogP contribution < -0.4 is 9.47 Å². The zero-order valence-corrected chi connectivity index (χ0v) is 10.1. The molecule has 0 aliphatic carbocycles. The number of fused-ring (bicyclic) bond motifs is 1. The van der Waals surface area contributed by atoms with Gasteiger partial charge in [-0.1, -0.05) is 12.3 Å². The van der Waals surface area contributed by atoms with E-state index in [1.54, 1.807) is 0 Å². The first-order valence-corrected chi connectivity index (χ1v) is 5.43. The second-order valence-electron chi connectivity index (χ2n) is 2.93. The van der Waals surface area contributed by atoms with Crippen LogP contribution in [0.3, 0.4) is 0 Å². The van der Waals surface area contributed by atoms with Crippen LogP contribution in [0.15, 0.2) is 30.7 Å². The van der Waals surface area contributed by atoms with E-state index in [1.165, 1.54) is 6.26 Å². The van der Waals surface area contributed by atoms with Crippen LogP contribution in [0.25, 0.3) is 0 Å². The number of hydrogen-bond donors (Lipinski definition) is 0. The third kappa shape index (κ3) is 2.27. The van der Waals surface area contributed by atoms with Crippen molar-refractivity contribution in [3.05, 3.63) is 39.8 Å². The number of rotatable bonds is 3. The fraction of sp³-hybridized carbons (Fsp3) is 0.182. The number of ether oxygens (including phenoxy) is 3. The lowest BCUT2D eigenvalue weighted by molar-refractivity contribution is 0.173. The van der Waals surface area contributed by atoms with Gasteiger partial charge >= 0.3 is 0 Å². The molecule has 0 radical (unpaired) electrons. The molecular weight excluding hydrogens is 307 g/mol. The highest BCUT2D eigenvalue weighted by Gasteiger charge is 2.15. The Hall–Kier alpha value is -1.13. The molecule has 1 aromatic carbocycles. The molecule has 1 aliphatic rings. The number of halogens is 1. The van der Waals surface area contributed by atoms with Gasteiger partial charge in [-0.3, -0.25) is 0 Å². The van der Waals surface area contributed by atoms with E-state index in [2.05, 4.69) is 34.9 Å². The quantitative estimate of drug-likeness (QED) is 0.488. The topological polar surface area (TPSA) is 27.7 Å². The van der Waals surface area contributed by atoms with Crippen LogP contribution in [0.5, 0.6) is 11.5 Å². The van der Waals surface area contributed by atoms with Crippen LogP contribution in [0.2, 0.25) is 0 Å². The van der Waals surface area contributed by atoms with Crippen molar-refractivity contribution in [1.82, 2.24) is 0 Å².